The molecule has 1 amide bonds. The van der Waals surface area contributed by atoms with Crippen molar-refractivity contribution in [2.45, 2.75) is 4.90 Å². The summed E-state index contributed by atoms with van der Waals surface area (Å²) in [6.07, 6.45) is 1.99. The maximum atomic E-state index is 11.8. The standard InChI is InChI=1S/C11H15NO2S2/c1-12(2)11(13)8-5-6-9(14-3)10(7-8)16-15-4/h5-7H,1-4H3. The zero-order valence-electron chi connectivity index (χ0n) is 9.81. The number of rotatable bonds is 4. The number of amides is 1. The van der Waals surface area contributed by atoms with Gasteiger partial charge in [0.2, 0.25) is 0 Å². The van der Waals surface area contributed by atoms with Gasteiger partial charge < -0.3 is 9.64 Å². The molecule has 0 spiro atoms. The van der Waals surface area contributed by atoms with Crippen LogP contribution in [-0.2, 0) is 0 Å². The molecule has 0 fully saturated rings. The van der Waals surface area contributed by atoms with Gasteiger partial charge in [0, 0.05) is 19.7 Å². The van der Waals surface area contributed by atoms with Crippen LogP contribution in [0.15, 0.2) is 23.1 Å². The van der Waals surface area contributed by atoms with Gasteiger partial charge in [0.05, 0.1) is 12.0 Å². The van der Waals surface area contributed by atoms with Crippen LogP contribution in [0.3, 0.4) is 0 Å². The van der Waals surface area contributed by atoms with Crippen LogP contribution in [-0.4, -0.2) is 38.3 Å². The summed E-state index contributed by atoms with van der Waals surface area (Å²) in [5, 5.41) is 0. The average Bonchev–Trinajstić information content (AvgIpc) is 2.28. The highest BCUT2D eigenvalue weighted by Gasteiger charge is 2.11. The molecule has 0 saturated heterocycles. The number of hydrogen-bond donors (Lipinski definition) is 0. The first-order valence-corrected chi connectivity index (χ1v) is 7.26. The van der Waals surface area contributed by atoms with Gasteiger partial charge in [0.25, 0.3) is 5.91 Å². The van der Waals surface area contributed by atoms with E-state index in [1.54, 1.807) is 53.8 Å². The van der Waals surface area contributed by atoms with Crippen LogP contribution in [0.2, 0.25) is 0 Å². The lowest BCUT2D eigenvalue weighted by Gasteiger charge is -2.12. The van der Waals surface area contributed by atoms with E-state index in [9.17, 15) is 4.79 Å². The van der Waals surface area contributed by atoms with Crippen molar-refractivity contribution in [3.8, 4) is 5.75 Å². The summed E-state index contributed by atoms with van der Waals surface area (Å²) in [6, 6.07) is 5.48. The van der Waals surface area contributed by atoms with Crippen LogP contribution in [0.25, 0.3) is 0 Å². The van der Waals surface area contributed by atoms with Gasteiger partial charge in [-0.15, -0.1) is 0 Å². The van der Waals surface area contributed by atoms with Crippen LogP contribution in [0.1, 0.15) is 10.4 Å². The van der Waals surface area contributed by atoms with Gasteiger partial charge >= 0.3 is 0 Å². The second kappa shape index (κ2) is 6.06. The summed E-state index contributed by atoms with van der Waals surface area (Å²) in [6.45, 7) is 0. The van der Waals surface area contributed by atoms with Gasteiger partial charge in [-0.2, -0.15) is 0 Å². The van der Waals surface area contributed by atoms with E-state index in [0.717, 1.165) is 10.6 Å². The number of methoxy groups -OCH3 is 1. The maximum absolute atomic E-state index is 11.8. The Morgan fingerprint density at radius 3 is 2.56 bits per heavy atom. The molecule has 0 aliphatic heterocycles. The fourth-order valence-corrected chi connectivity index (χ4v) is 2.74. The van der Waals surface area contributed by atoms with Crippen molar-refractivity contribution in [2.75, 3.05) is 27.5 Å². The molecule has 0 heterocycles. The summed E-state index contributed by atoms with van der Waals surface area (Å²) in [7, 11) is 8.34. The molecule has 5 heteroatoms. The fourth-order valence-electron chi connectivity index (χ4n) is 1.22. The molecule has 0 unspecified atom stereocenters. The molecule has 0 atom stereocenters. The molecule has 0 aliphatic carbocycles. The first kappa shape index (κ1) is 13.3. The molecule has 0 N–H and O–H groups in total. The van der Waals surface area contributed by atoms with Gasteiger partial charge in [-0.25, -0.2) is 0 Å². The van der Waals surface area contributed by atoms with E-state index in [0.29, 0.717) is 5.56 Å². The summed E-state index contributed by atoms with van der Waals surface area (Å²) in [4.78, 5) is 14.3. The van der Waals surface area contributed by atoms with E-state index in [1.807, 2.05) is 18.4 Å². The number of carbonyl (C=O) groups is 1. The monoisotopic (exact) mass is 257 g/mol. The topological polar surface area (TPSA) is 29.5 Å². The third-order valence-electron chi connectivity index (χ3n) is 1.99. The molecule has 0 bridgehead atoms. The maximum Gasteiger partial charge on any atom is 0.253 e. The minimum Gasteiger partial charge on any atom is -0.496 e. The van der Waals surface area contributed by atoms with Gasteiger partial charge in [0.15, 0.2) is 0 Å². The predicted molar refractivity (Wildman–Crippen MR) is 70.4 cm³/mol. The van der Waals surface area contributed by atoms with Crippen LogP contribution in [0.5, 0.6) is 5.75 Å². The molecule has 16 heavy (non-hydrogen) atoms. The molecule has 1 rings (SSSR count). The molecular formula is C11H15NO2S2. The highest BCUT2D eigenvalue weighted by atomic mass is 33.1. The largest absolute Gasteiger partial charge is 0.496 e. The van der Waals surface area contributed by atoms with Crippen LogP contribution >= 0.6 is 21.6 Å². The van der Waals surface area contributed by atoms with E-state index >= 15 is 0 Å². The van der Waals surface area contributed by atoms with E-state index in [-0.39, 0.29) is 5.91 Å². The second-order valence-corrected chi connectivity index (χ2v) is 5.76. The predicted octanol–water partition coefficient (Wildman–Crippen LogP) is 2.77. The SMILES string of the molecule is COc1ccc(C(=O)N(C)C)cc1SSC. The Balaban J connectivity index is 3.06. The number of carbonyl (C=O) groups excluding carboxylic acids is 1. The number of benzene rings is 1. The lowest BCUT2D eigenvalue weighted by molar-refractivity contribution is 0.0827. The van der Waals surface area contributed by atoms with Gasteiger partial charge in [-0.05, 0) is 24.5 Å². The summed E-state index contributed by atoms with van der Waals surface area (Å²) in [5.41, 5.74) is 0.683. The molecule has 1 aromatic carbocycles. The minimum absolute atomic E-state index is 0.00519. The Hall–Kier alpha value is -0.810. The molecular weight excluding hydrogens is 242 g/mol. The molecule has 88 valence electrons. The zero-order valence-corrected chi connectivity index (χ0v) is 11.4. The Labute approximate surface area is 104 Å². The van der Waals surface area contributed by atoms with E-state index in [4.69, 9.17) is 4.74 Å². The van der Waals surface area contributed by atoms with Crippen molar-refractivity contribution in [3.05, 3.63) is 23.8 Å². The lowest BCUT2D eigenvalue weighted by Crippen LogP contribution is -2.21. The van der Waals surface area contributed by atoms with Gasteiger partial charge in [-0.1, -0.05) is 21.6 Å². The van der Waals surface area contributed by atoms with Crippen LogP contribution < -0.4 is 4.74 Å². The Morgan fingerprint density at radius 2 is 2.06 bits per heavy atom. The number of hydrogen-bond acceptors (Lipinski definition) is 4. The van der Waals surface area contributed by atoms with E-state index in [1.165, 1.54) is 0 Å². The first-order valence-electron chi connectivity index (χ1n) is 4.70. The van der Waals surface area contributed by atoms with Gasteiger partial charge in [0.1, 0.15) is 5.75 Å². The van der Waals surface area contributed by atoms with Crippen molar-refractivity contribution in [1.29, 1.82) is 0 Å². The number of ether oxygens (including phenoxy) is 1. The van der Waals surface area contributed by atoms with E-state index < -0.39 is 0 Å². The van der Waals surface area contributed by atoms with Crippen molar-refractivity contribution >= 4 is 27.5 Å². The molecule has 0 aliphatic rings. The van der Waals surface area contributed by atoms with Crippen molar-refractivity contribution in [3.63, 3.8) is 0 Å². The van der Waals surface area contributed by atoms with Crippen LogP contribution in [0, 0.1) is 0 Å². The lowest BCUT2D eigenvalue weighted by atomic mass is 10.2. The third-order valence-corrected chi connectivity index (χ3v) is 3.69. The average molecular weight is 257 g/mol. The molecule has 0 saturated carbocycles. The summed E-state index contributed by atoms with van der Waals surface area (Å²) < 4.78 is 5.23. The smallest absolute Gasteiger partial charge is 0.253 e. The highest BCUT2D eigenvalue weighted by Crippen LogP contribution is 2.36. The molecule has 0 aromatic heterocycles. The van der Waals surface area contributed by atoms with Crippen molar-refractivity contribution < 1.29 is 9.53 Å². The van der Waals surface area contributed by atoms with Gasteiger partial charge in [-0.3, -0.25) is 4.79 Å². The van der Waals surface area contributed by atoms with E-state index in [2.05, 4.69) is 0 Å². The molecule has 0 radical (unpaired) electrons. The Kier molecular flexibility index (Phi) is 5.02. The molecule has 3 nitrogen and oxygen atoms in total. The van der Waals surface area contributed by atoms with Crippen molar-refractivity contribution in [2.24, 2.45) is 0 Å². The Bertz CT molecular complexity index is 380. The first-order chi connectivity index (χ1) is 7.60. The fraction of sp³-hybridized carbons (Fsp3) is 0.364. The number of nitrogens with zero attached hydrogens (tertiary/aromatic N) is 1. The molecule has 1 aromatic rings. The summed E-state index contributed by atoms with van der Waals surface area (Å²) in [5.74, 6) is 0.806. The van der Waals surface area contributed by atoms with Crippen molar-refractivity contribution in [1.82, 2.24) is 4.90 Å². The second-order valence-electron chi connectivity index (χ2n) is 3.32. The summed E-state index contributed by atoms with van der Waals surface area (Å²) >= 11 is 0. The normalized spacial score (nSPS) is 10.0. The zero-order chi connectivity index (χ0) is 12.1. The minimum atomic E-state index is 0.00519. The quantitative estimate of drug-likeness (QED) is 0.776. The highest BCUT2D eigenvalue weighted by molar-refractivity contribution is 8.76. The Morgan fingerprint density at radius 1 is 1.38 bits per heavy atom. The van der Waals surface area contributed by atoms with Crippen LogP contribution in [0.4, 0.5) is 0 Å². The third kappa shape index (κ3) is 3.09.